The lowest BCUT2D eigenvalue weighted by Gasteiger charge is -2.08. The molecule has 1 amide bonds. The highest BCUT2D eigenvalue weighted by atomic mass is 35.5. The first-order valence-electron chi connectivity index (χ1n) is 4.66. The molecule has 17 heavy (non-hydrogen) atoms. The van der Waals surface area contributed by atoms with Crippen LogP contribution in [0.3, 0.4) is 0 Å². The summed E-state index contributed by atoms with van der Waals surface area (Å²) < 4.78 is 24.4. The second kappa shape index (κ2) is 6.68. The molecule has 0 aromatic carbocycles. The van der Waals surface area contributed by atoms with Gasteiger partial charge >= 0.3 is 0 Å². The van der Waals surface area contributed by atoms with Gasteiger partial charge in [0.25, 0.3) is 6.43 Å². The van der Waals surface area contributed by atoms with E-state index in [-0.39, 0.29) is 0 Å². The predicted molar refractivity (Wildman–Crippen MR) is 63.4 cm³/mol. The number of aliphatic hydroxyl groups excluding tert-OH is 1. The normalized spacial score (nSPS) is 13.2. The van der Waals surface area contributed by atoms with Crippen LogP contribution in [-0.2, 0) is 4.79 Å². The summed E-state index contributed by atoms with van der Waals surface area (Å²) in [6.45, 7) is -0.480. The van der Waals surface area contributed by atoms with Crippen molar-refractivity contribution in [3.05, 3.63) is 27.4 Å². The van der Waals surface area contributed by atoms with E-state index in [1.807, 2.05) is 0 Å². The van der Waals surface area contributed by atoms with Crippen molar-refractivity contribution in [2.24, 2.45) is 0 Å². The average molecular weight is 282 g/mol. The first kappa shape index (κ1) is 14.1. The van der Waals surface area contributed by atoms with Crippen molar-refractivity contribution in [3.63, 3.8) is 0 Å². The Morgan fingerprint density at radius 3 is 2.82 bits per heavy atom. The third-order valence-electron chi connectivity index (χ3n) is 1.77. The Balaban J connectivity index is 2.37. The highest BCUT2D eigenvalue weighted by Gasteiger charge is 2.16. The SMILES string of the molecule is O=C(/C=C/c1ccc(Cl)s1)NCC(O)C(F)F. The number of nitrogens with one attached hydrogen (secondary N) is 1. The second-order valence-electron chi connectivity index (χ2n) is 3.12. The van der Waals surface area contributed by atoms with E-state index in [1.165, 1.54) is 23.5 Å². The van der Waals surface area contributed by atoms with Gasteiger partial charge in [0.15, 0.2) is 0 Å². The van der Waals surface area contributed by atoms with Gasteiger partial charge in [-0.1, -0.05) is 11.6 Å². The van der Waals surface area contributed by atoms with Crippen LogP contribution in [0.2, 0.25) is 4.34 Å². The molecule has 0 aliphatic carbocycles. The number of thiophene rings is 1. The lowest BCUT2D eigenvalue weighted by molar-refractivity contribution is -0.117. The van der Waals surface area contributed by atoms with Crippen molar-refractivity contribution in [1.29, 1.82) is 0 Å². The fourth-order valence-corrected chi connectivity index (χ4v) is 1.89. The van der Waals surface area contributed by atoms with E-state index in [0.717, 1.165) is 4.88 Å². The number of hydrogen-bond acceptors (Lipinski definition) is 3. The van der Waals surface area contributed by atoms with E-state index >= 15 is 0 Å². The maximum Gasteiger partial charge on any atom is 0.265 e. The van der Waals surface area contributed by atoms with Crippen LogP contribution in [0.25, 0.3) is 6.08 Å². The lowest BCUT2D eigenvalue weighted by Crippen LogP contribution is -2.34. The van der Waals surface area contributed by atoms with Gasteiger partial charge in [-0.25, -0.2) is 8.78 Å². The molecule has 1 aromatic rings. The molecule has 0 bridgehead atoms. The van der Waals surface area contributed by atoms with Crippen LogP contribution < -0.4 is 5.32 Å². The summed E-state index contributed by atoms with van der Waals surface area (Å²) in [5, 5.41) is 10.9. The van der Waals surface area contributed by atoms with E-state index < -0.39 is 25.0 Å². The Morgan fingerprint density at radius 2 is 2.29 bits per heavy atom. The summed E-state index contributed by atoms with van der Waals surface area (Å²) in [7, 11) is 0. The minimum absolute atomic E-state index is 0.480. The number of halogens is 3. The van der Waals surface area contributed by atoms with E-state index in [0.29, 0.717) is 4.34 Å². The van der Waals surface area contributed by atoms with Crippen LogP contribution in [0.4, 0.5) is 8.78 Å². The van der Waals surface area contributed by atoms with Crippen LogP contribution >= 0.6 is 22.9 Å². The minimum atomic E-state index is -2.87. The summed E-state index contributed by atoms with van der Waals surface area (Å²) in [6, 6.07) is 3.41. The molecule has 0 spiro atoms. The van der Waals surface area contributed by atoms with Gasteiger partial charge in [-0.2, -0.15) is 0 Å². The topological polar surface area (TPSA) is 49.3 Å². The zero-order chi connectivity index (χ0) is 12.8. The molecule has 1 rings (SSSR count). The van der Waals surface area contributed by atoms with Crippen LogP contribution in [-0.4, -0.2) is 30.1 Å². The molecule has 94 valence electrons. The summed E-state index contributed by atoms with van der Waals surface area (Å²) in [5.41, 5.74) is 0. The number of carbonyl (C=O) groups excluding carboxylic acids is 1. The predicted octanol–water partition coefficient (Wildman–Crippen LogP) is 2.16. The van der Waals surface area contributed by atoms with E-state index in [9.17, 15) is 13.6 Å². The molecule has 0 fully saturated rings. The molecule has 1 aromatic heterocycles. The molecule has 1 heterocycles. The number of rotatable bonds is 5. The van der Waals surface area contributed by atoms with Gasteiger partial charge in [-0.3, -0.25) is 4.79 Å². The molecule has 2 N–H and O–H groups in total. The molecule has 0 radical (unpaired) electrons. The fraction of sp³-hybridized carbons (Fsp3) is 0.300. The number of amides is 1. The molecule has 0 saturated heterocycles. The summed E-state index contributed by atoms with van der Waals surface area (Å²) in [4.78, 5) is 11.9. The third-order valence-corrected chi connectivity index (χ3v) is 2.97. The number of aliphatic hydroxyl groups is 1. The average Bonchev–Trinajstić information content (AvgIpc) is 2.69. The largest absolute Gasteiger partial charge is 0.385 e. The quantitative estimate of drug-likeness (QED) is 0.813. The lowest BCUT2D eigenvalue weighted by atomic mass is 10.3. The maximum absolute atomic E-state index is 11.9. The van der Waals surface area contributed by atoms with Gasteiger partial charge in [0.2, 0.25) is 5.91 Å². The highest BCUT2D eigenvalue weighted by Crippen LogP contribution is 2.22. The molecule has 0 aliphatic rings. The molecular weight excluding hydrogens is 272 g/mol. The van der Waals surface area contributed by atoms with Crippen molar-refractivity contribution in [2.75, 3.05) is 6.54 Å². The van der Waals surface area contributed by atoms with E-state index in [4.69, 9.17) is 16.7 Å². The van der Waals surface area contributed by atoms with Crippen molar-refractivity contribution in [2.45, 2.75) is 12.5 Å². The Hall–Kier alpha value is -0.980. The van der Waals surface area contributed by atoms with Gasteiger partial charge in [-0.15, -0.1) is 11.3 Å². The summed E-state index contributed by atoms with van der Waals surface area (Å²) in [5.74, 6) is -0.547. The first-order chi connectivity index (χ1) is 7.99. The van der Waals surface area contributed by atoms with Crippen LogP contribution in [0.15, 0.2) is 18.2 Å². The smallest absolute Gasteiger partial charge is 0.265 e. The number of alkyl halides is 2. The highest BCUT2D eigenvalue weighted by molar-refractivity contribution is 7.17. The zero-order valence-corrected chi connectivity index (χ0v) is 10.1. The van der Waals surface area contributed by atoms with Crippen LogP contribution in [0, 0.1) is 0 Å². The molecule has 1 atom stereocenters. The van der Waals surface area contributed by atoms with E-state index in [1.54, 1.807) is 12.1 Å². The Labute approximate surface area is 106 Å². The standard InChI is InChI=1S/C10H10ClF2NO2S/c11-8-3-1-6(17-8)2-4-9(16)14-5-7(15)10(12)13/h1-4,7,10,15H,5H2,(H,14,16)/b4-2+. The summed E-state index contributed by atoms with van der Waals surface area (Å²) in [6.07, 6.45) is -2.00. The van der Waals surface area contributed by atoms with Crippen molar-refractivity contribution in [3.8, 4) is 0 Å². The molecule has 1 unspecified atom stereocenters. The molecule has 3 nitrogen and oxygen atoms in total. The van der Waals surface area contributed by atoms with Gasteiger partial charge in [0, 0.05) is 17.5 Å². The van der Waals surface area contributed by atoms with Gasteiger partial charge in [0.05, 0.1) is 4.34 Å². The first-order valence-corrected chi connectivity index (χ1v) is 5.86. The molecule has 0 aliphatic heterocycles. The Bertz CT molecular complexity index is 409. The Morgan fingerprint density at radius 1 is 1.59 bits per heavy atom. The van der Waals surface area contributed by atoms with Crippen molar-refractivity contribution < 1.29 is 18.7 Å². The van der Waals surface area contributed by atoms with E-state index in [2.05, 4.69) is 5.32 Å². The van der Waals surface area contributed by atoms with Crippen molar-refractivity contribution >= 4 is 34.9 Å². The third kappa shape index (κ3) is 5.25. The number of carbonyl (C=O) groups is 1. The maximum atomic E-state index is 11.9. The monoisotopic (exact) mass is 281 g/mol. The van der Waals surface area contributed by atoms with Gasteiger partial charge < -0.3 is 10.4 Å². The fourth-order valence-electron chi connectivity index (χ4n) is 0.929. The zero-order valence-electron chi connectivity index (χ0n) is 8.57. The molecular formula is C10H10ClF2NO2S. The van der Waals surface area contributed by atoms with Crippen LogP contribution in [0.1, 0.15) is 4.88 Å². The Kier molecular flexibility index (Phi) is 5.54. The van der Waals surface area contributed by atoms with Gasteiger partial charge in [-0.05, 0) is 18.2 Å². The minimum Gasteiger partial charge on any atom is -0.385 e. The second-order valence-corrected chi connectivity index (χ2v) is 4.87. The number of hydrogen-bond donors (Lipinski definition) is 2. The van der Waals surface area contributed by atoms with Crippen molar-refractivity contribution in [1.82, 2.24) is 5.32 Å². The summed E-state index contributed by atoms with van der Waals surface area (Å²) >= 11 is 6.97. The van der Waals surface area contributed by atoms with Crippen LogP contribution in [0.5, 0.6) is 0 Å². The molecule has 7 heteroatoms. The molecule has 0 saturated carbocycles. The van der Waals surface area contributed by atoms with Gasteiger partial charge in [0.1, 0.15) is 6.10 Å².